The van der Waals surface area contributed by atoms with E-state index in [1.54, 1.807) is 23.3 Å². The van der Waals surface area contributed by atoms with Gasteiger partial charge in [0, 0.05) is 25.5 Å². The quantitative estimate of drug-likeness (QED) is 0.879. The van der Waals surface area contributed by atoms with Gasteiger partial charge in [-0.25, -0.2) is 4.98 Å². The third-order valence-corrected chi connectivity index (χ3v) is 4.82. The van der Waals surface area contributed by atoms with Crippen molar-refractivity contribution in [2.75, 3.05) is 13.1 Å². The number of nitrogens with zero attached hydrogens (tertiary/aromatic N) is 3. The van der Waals surface area contributed by atoms with Crippen LogP contribution in [-0.4, -0.2) is 33.4 Å². The fourth-order valence-electron chi connectivity index (χ4n) is 3.39. The van der Waals surface area contributed by atoms with E-state index >= 15 is 0 Å². The molecule has 3 rings (SSSR count). The van der Waals surface area contributed by atoms with Crippen LogP contribution in [0.1, 0.15) is 43.2 Å². The lowest BCUT2D eigenvalue weighted by Crippen LogP contribution is -2.29. The third-order valence-electron chi connectivity index (χ3n) is 4.82. The zero-order valence-corrected chi connectivity index (χ0v) is 14.9. The van der Waals surface area contributed by atoms with Gasteiger partial charge in [-0.05, 0) is 37.1 Å². The highest BCUT2D eigenvalue weighted by atomic mass is 16.1. The Morgan fingerprint density at radius 2 is 1.76 bits per heavy atom. The van der Waals surface area contributed by atoms with E-state index in [0.717, 1.165) is 6.54 Å². The Balaban J connectivity index is 1.55. The molecule has 1 fully saturated rings. The van der Waals surface area contributed by atoms with Crippen LogP contribution >= 0.6 is 0 Å². The number of aromatic nitrogens is 2. The molecule has 2 heterocycles. The predicted octanol–water partition coefficient (Wildman–Crippen LogP) is 2.97. The van der Waals surface area contributed by atoms with Crippen molar-refractivity contribution < 1.29 is 4.79 Å². The van der Waals surface area contributed by atoms with Crippen LogP contribution in [0, 0.1) is 0 Å². The number of likely N-dealkylation sites (tertiary alicyclic amines) is 1. The number of nitrogens with one attached hydrogen (secondary N) is 1. The van der Waals surface area contributed by atoms with Crippen LogP contribution < -0.4 is 5.32 Å². The molecule has 1 saturated heterocycles. The molecule has 2 aromatic rings. The zero-order chi connectivity index (χ0) is 17.3. The van der Waals surface area contributed by atoms with Gasteiger partial charge in [-0.15, -0.1) is 0 Å². The molecule has 1 N–H and O–H groups in total. The van der Waals surface area contributed by atoms with E-state index in [-0.39, 0.29) is 5.91 Å². The molecular weight excluding hydrogens is 312 g/mol. The van der Waals surface area contributed by atoms with Crippen molar-refractivity contribution in [3.05, 3.63) is 54.1 Å². The second-order valence-electron chi connectivity index (χ2n) is 6.82. The summed E-state index contributed by atoms with van der Waals surface area (Å²) in [6, 6.07) is 8.46. The van der Waals surface area contributed by atoms with Gasteiger partial charge in [-0.2, -0.15) is 0 Å². The van der Waals surface area contributed by atoms with E-state index < -0.39 is 0 Å². The van der Waals surface area contributed by atoms with E-state index in [4.69, 9.17) is 0 Å². The molecule has 5 heteroatoms. The van der Waals surface area contributed by atoms with E-state index in [9.17, 15) is 4.79 Å². The van der Waals surface area contributed by atoms with Crippen molar-refractivity contribution in [3.63, 3.8) is 0 Å². The van der Waals surface area contributed by atoms with E-state index in [1.165, 1.54) is 56.3 Å². The summed E-state index contributed by atoms with van der Waals surface area (Å²) in [5, 5.41) is 3.03. The minimum absolute atomic E-state index is 0.0130. The molecule has 1 aliphatic heterocycles. The second kappa shape index (κ2) is 9.37. The van der Waals surface area contributed by atoms with Crippen LogP contribution in [0.5, 0.6) is 0 Å². The van der Waals surface area contributed by atoms with Crippen molar-refractivity contribution in [3.8, 4) is 0 Å². The summed E-state index contributed by atoms with van der Waals surface area (Å²) < 4.78 is 1.78. The predicted molar refractivity (Wildman–Crippen MR) is 98.9 cm³/mol. The van der Waals surface area contributed by atoms with Gasteiger partial charge in [0.05, 0.1) is 6.33 Å². The van der Waals surface area contributed by atoms with E-state index in [1.807, 2.05) is 6.07 Å². The highest BCUT2D eigenvalue weighted by Crippen LogP contribution is 2.16. The smallest absolute Gasteiger partial charge is 0.240 e. The largest absolute Gasteiger partial charge is 0.350 e. The topological polar surface area (TPSA) is 50.2 Å². The summed E-state index contributed by atoms with van der Waals surface area (Å²) in [5.74, 6) is 0.0130. The maximum atomic E-state index is 12.1. The molecule has 0 aliphatic carbocycles. The fourth-order valence-corrected chi connectivity index (χ4v) is 3.39. The fraction of sp³-hybridized carbons (Fsp3) is 0.500. The summed E-state index contributed by atoms with van der Waals surface area (Å²) in [5.41, 5.74) is 2.54. The highest BCUT2D eigenvalue weighted by molar-refractivity contribution is 5.75. The molecule has 1 amide bonds. The van der Waals surface area contributed by atoms with Gasteiger partial charge < -0.3 is 9.88 Å². The third kappa shape index (κ3) is 5.71. The minimum Gasteiger partial charge on any atom is -0.350 e. The lowest BCUT2D eigenvalue weighted by atomic mass is 10.0. The standard InChI is InChI=1S/C20H28N4O/c25-20(16-24-13-10-21-17-24)22-14-18-8-4-5-9-19(18)15-23-11-6-2-1-3-7-12-23/h4-5,8-10,13,17H,1-3,6-7,11-12,14-16H2,(H,22,25). The first-order valence-corrected chi connectivity index (χ1v) is 9.33. The second-order valence-corrected chi connectivity index (χ2v) is 6.82. The molecule has 1 aromatic heterocycles. The first-order valence-electron chi connectivity index (χ1n) is 9.33. The highest BCUT2D eigenvalue weighted by Gasteiger charge is 2.11. The number of benzene rings is 1. The molecule has 0 atom stereocenters. The zero-order valence-electron chi connectivity index (χ0n) is 14.9. The number of carbonyl (C=O) groups is 1. The van der Waals surface area contributed by atoms with E-state index in [0.29, 0.717) is 13.1 Å². The van der Waals surface area contributed by atoms with Crippen LogP contribution in [0.2, 0.25) is 0 Å². The van der Waals surface area contributed by atoms with Crippen LogP contribution in [0.4, 0.5) is 0 Å². The number of rotatable bonds is 6. The van der Waals surface area contributed by atoms with Crippen molar-refractivity contribution in [1.29, 1.82) is 0 Å². The summed E-state index contributed by atoms with van der Waals surface area (Å²) in [6.07, 6.45) is 11.8. The Bertz CT molecular complexity index is 645. The molecule has 0 spiro atoms. The molecular formula is C20H28N4O. The number of hydrogen-bond donors (Lipinski definition) is 1. The maximum absolute atomic E-state index is 12.1. The number of amides is 1. The average molecular weight is 340 g/mol. The first-order chi connectivity index (χ1) is 12.3. The normalized spacial score (nSPS) is 16.2. The Morgan fingerprint density at radius 1 is 1.04 bits per heavy atom. The molecule has 25 heavy (non-hydrogen) atoms. The van der Waals surface area contributed by atoms with Gasteiger partial charge in [-0.1, -0.05) is 43.5 Å². The Labute approximate surface area is 150 Å². The SMILES string of the molecule is O=C(Cn1ccnc1)NCc1ccccc1CN1CCCCCCC1. The lowest BCUT2D eigenvalue weighted by Gasteiger charge is -2.25. The van der Waals surface area contributed by atoms with Crippen LogP contribution in [0.3, 0.4) is 0 Å². The van der Waals surface area contributed by atoms with Crippen LogP contribution in [0.15, 0.2) is 43.0 Å². The van der Waals surface area contributed by atoms with Crippen LogP contribution in [-0.2, 0) is 24.4 Å². The first kappa shape index (κ1) is 17.7. The molecule has 0 unspecified atom stereocenters. The lowest BCUT2D eigenvalue weighted by molar-refractivity contribution is -0.121. The molecule has 0 bridgehead atoms. The Morgan fingerprint density at radius 3 is 2.48 bits per heavy atom. The maximum Gasteiger partial charge on any atom is 0.240 e. The minimum atomic E-state index is 0.0130. The molecule has 134 valence electrons. The van der Waals surface area contributed by atoms with Gasteiger partial charge >= 0.3 is 0 Å². The van der Waals surface area contributed by atoms with Gasteiger partial charge in [0.2, 0.25) is 5.91 Å². The summed E-state index contributed by atoms with van der Waals surface area (Å²) in [7, 11) is 0. The molecule has 5 nitrogen and oxygen atoms in total. The summed E-state index contributed by atoms with van der Waals surface area (Å²) in [6.45, 7) is 4.24. The molecule has 0 radical (unpaired) electrons. The van der Waals surface area contributed by atoms with E-state index in [2.05, 4.69) is 33.4 Å². The van der Waals surface area contributed by atoms with Gasteiger partial charge in [0.1, 0.15) is 6.54 Å². The van der Waals surface area contributed by atoms with Gasteiger partial charge in [0.25, 0.3) is 0 Å². The van der Waals surface area contributed by atoms with Gasteiger partial charge in [0.15, 0.2) is 0 Å². The molecule has 1 aliphatic rings. The summed E-state index contributed by atoms with van der Waals surface area (Å²) >= 11 is 0. The Kier molecular flexibility index (Phi) is 6.63. The van der Waals surface area contributed by atoms with Crippen LogP contribution in [0.25, 0.3) is 0 Å². The van der Waals surface area contributed by atoms with Crippen molar-refractivity contribution >= 4 is 5.91 Å². The Hall–Kier alpha value is -2.14. The number of hydrogen-bond acceptors (Lipinski definition) is 3. The van der Waals surface area contributed by atoms with Gasteiger partial charge in [-0.3, -0.25) is 9.69 Å². The van der Waals surface area contributed by atoms with Crippen molar-refractivity contribution in [2.24, 2.45) is 0 Å². The molecule has 1 aromatic carbocycles. The molecule has 0 saturated carbocycles. The average Bonchev–Trinajstić information content (AvgIpc) is 3.09. The summed E-state index contributed by atoms with van der Waals surface area (Å²) in [4.78, 5) is 18.6. The number of imidazole rings is 1. The number of carbonyl (C=O) groups excluding carboxylic acids is 1. The monoisotopic (exact) mass is 340 g/mol. The van der Waals surface area contributed by atoms with Crippen molar-refractivity contribution in [1.82, 2.24) is 19.8 Å². The van der Waals surface area contributed by atoms with Crippen molar-refractivity contribution in [2.45, 2.75) is 51.7 Å².